The van der Waals surface area contributed by atoms with E-state index in [1.54, 1.807) is 19.2 Å². The molecular weight excluding hydrogens is 350 g/mol. The lowest BCUT2D eigenvalue weighted by molar-refractivity contribution is -0.266. The zero-order valence-electron chi connectivity index (χ0n) is 15.2. The highest BCUT2D eigenvalue weighted by molar-refractivity contribution is 5.40. The molecule has 0 bridgehead atoms. The van der Waals surface area contributed by atoms with Crippen molar-refractivity contribution in [1.29, 1.82) is 0 Å². The molecule has 7 heteroatoms. The van der Waals surface area contributed by atoms with Gasteiger partial charge in [0.15, 0.2) is 5.60 Å². The van der Waals surface area contributed by atoms with Gasteiger partial charge in [0.2, 0.25) is 0 Å². The van der Waals surface area contributed by atoms with Crippen molar-refractivity contribution >= 4 is 0 Å². The Morgan fingerprint density at radius 1 is 1.15 bits per heavy atom. The smallest absolute Gasteiger partial charge is 0.417 e. The number of methoxy groups -OCH3 is 1. The quantitative estimate of drug-likeness (QED) is 0.723. The number of H-pyrrole nitrogens is 1. The molecule has 0 amide bonds. The Morgan fingerprint density at radius 2 is 1.81 bits per heavy atom. The van der Waals surface area contributed by atoms with E-state index in [9.17, 15) is 22.7 Å². The van der Waals surface area contributed by atoms with Crippen molar-refractivity contribution in [2.24, 2.45) is 0 Å². The molecule has 3 nitrogen and oxygen atoms in total. The molecule has 0 saturated carbocycles. The van der Waals surface area contributed by atoms with Crippen LogP contribution >= 0.6 is 0 Å². The van der Waals surface area contributed by atoms with Crippen LogP contribution in [0.25, 0.3) is 0 Å². The summed E-state index contributed by atoms with van der Waals surface area (Å²) in [5.74, 6) is -0.305. The number of aryl methyl sites for hydroxylation is 1. The topological polar surface area (TPSA) is 45.2 Å². The minimum absolute atomic E-state index is 0.269. The van der Waals surface area contributed by atoms with E-state index in [-0.39, 0.29) is 17.0 Å². The van der Waals surface area contributed by atoms with Crippen molar-refractivity contribution in [3.8, 4) is 5.75 Å². The van der Waals surface area contributed by atoms with Crippen LogP contribution in [0.1, 0.15) is 37.1 Å². The number of halogens is 4. The monoisotopic (exact) mass is 373 g/mol. The number of rotatable bonds is 6. The number of ether oxygens (including phenoxy) is 1. The lowest BCUT2D eigenvalue weighted by Gasteiger charge is -2.38. The molecule has 2 rings (SSSR count). The summed E-state index contributed by atoms with van der Waals surface area (Å²) in [4.78, 5) is 2.75. The molecule has 0 saturated heterocycles. The van der Waals surface area contributed by atoms with Gasteiger partial charge >= 0.3 is 6.18 Å². The summed E-state index contributed by atoms with van der Waals surface area (Å²) in [7, 11) is 1.37. The van der Waals surface area contributed by atoms with E-state index in [0.717, 1.165) is 11.6 Å². The van der Waals surface area contributed by atoms with Gasteiger partial charge in [-0.2, -0.15) is 13.2 Å². The molecule has 144 valence electrons. The number of hydrogen-bond donors (Lipinski definition) is 2. The van der Waals surface area contributed by atoms with Crippen LogP contribution in [0.15, 0.2) is 30.5 Å². The Bertz CT molecular complexity index is 767. The second-order valence-corrected chi connectivity index (χ2v) is 7.31. The highest BCUT2D eigenvalue weighted by Gasteiger charge is 2.56. The van der Waals surface area contributed by atoms with Crippen molar-refractivity contribution in [3.63, 3.8) is 0 Å². The molecule has 1 unspecified atom stereocenters. The lowest BCUT2D eigenvalue weighted by atomic mass is 9.73. The van der Waals surface area contributed by atoms with Crippen molar-refractivity contribution in [2.45, 2.75) is 50.8 Å². The number of benzene rings is 1. The van der Waals surface area contributed by atoms with Crippen molar-refractivity contribution < 1.29 is 27.4 Å². The molecular formula is C19H23F4NO2. The first kappa shape index (κ1) is 20.3. The largest absolute Gasteiger partial charge is 0.496 e. The van der Waals surface area contributed by atoms with E-state index >= 15 is 0 Å². The van der Waals surface area contributed by atoms with Gasteiger partial charge in [0, 0.05) is 23.9 Å². The third-order valence-electron chi connectivity index (χ3n) is 4.52. The van der Waals surface area contributed by atoms with Gasteiger partial charge in [0.1, 0.15) is 11.6 Å². The van der Waals surface area contributed by atoms with Crippen LogP contribution in [0.4, 0.5) is 17.6 Å². The molecule has 0 aliphatic carbocycles. The van der Waals surface area contributed by atoms with Crippen LogP contribution in [-0.4, -0.2) is 29.0 Å². The van der Waals surface area contributed by atoms with E-state index in [2.05, 4.69) is 4.98 Å². The van der Waals surface area contributed by atoms with Crippen molar-refractivity contribution in [2.75, 3.05) is 7.11 Å². The average Bonchev–Trinajstić information content (AvgIpc) is 2.90. The molecule has 1 atom stereocenters. The van der Waals surface area contributed by atoms with E-state index in [0.29, 0.717) is 0 Å². The van der Waals surface area contributed by atoms with Gasteiger partial charge < -0.3 is 14.8 Å². The zero-order chi connectivity index (χ0) is 19.8. The van der Waals surface area contributed by atoms with Crippen LogP contribution < -0.4 is 4.74 Å². The number of aromatic nitrogens is 1. The molecule has 1 aromatic carbocycles. The maximum Gasteiger partial charge on any atom is 0.417 e. The molecule has 0 aliphatic rings. The van der Waals surface area contributed by atoms with Gasteiger partial charge in [-0.15, -0.1) is 0 Å². The Hall–Kier alpha value is -2.02. The second kappa shape index (κ2) is 6.95. The maximum atomic E-state index is 13.7. The van der Waals surface area contributed by atoms with Crippen LogP contribution in [0.2, 0.25) is 0 Å². The van der Waals surface area contributed by atoms with Gasteiger partial charge in [-0.3, -0.25) is 0 Å². The Morgan fingerprint density at radius 3 is 2.31 bits per heavy atom. The predicted octanol–water partition coefficient (Wildman–Crippen LogP) is 4.67. The van der Waals surface area contributed by atoms with Gasteiger partial charge in [-0.1, -0.05) is 13.8 Å². The normalized spacial score (nSPS) is 15.0. The predicted molar refractivity (Wildman–Crippen MR) is 90.8 cm³/mol. The number of hydrogen-bond acceptors (Lipinski definition) is 2. The summed E-state index contributed by atoms with van der Waals surface area (Å²) >= 11 is 0. The highest BCUT2D eigenvalue weighted by atomic mass is 19.4. The van der Waals surface area contributed by atoms with Crippen LogP contribution in [0, 0.1) is 12.7 Å². The van der Waals surface area contributed by atoms with Crippen LogP contribution in [0.5, 0.6) is 5.75 Å². The zero-order valence-corrected chi connectivity index (χ0v) is 15.2. The third kappa shape index (κ3) is 4.20. The summed E-state index contributed by atoms with van der Waals surface area (Å²) in [6.45, 7) is 4.80. The first-order valence-corrected chi connectivity index (χ1v) is 8.15. The van der Waals surface area contributed by atoms with Gasteiger partial charge in [-0.05, 0) is 48.6 Å². The molecule has 0 aliphatic heterocycles. The average molecular weight is 373 g/mol. The summed E-state index contributed by atoms with van der Waals surface area (Å²) < 4.78 is 60.1. The fourth-order valence-electron chi connectivity index (χ4n) is 3.28. The van der Waals surface area contributed by atoms with Gasteiger partial charge in [-0.25, -0.2) is 4.39 Å². The van der Waals surface area contributed by atoms with E-state index in [1.165, 1.54) is 33.1 Å². The summed E-state index contributed by atoms with van der Waals surface area (Å²) in [6, 6.07) is 5.25. The summed E-state index contributed by atoms with van der Waals surface area (Å²) in [6.07, 6.45) is -4.55. The molecule has 2 aromatic rings. The Kier molecular flexibility index (Phi) is 5.42. The van der Waals surface area contributed by atoms with E-state index in [4.69, 9.17) is 4.74 Å². The number of nitrogens with one attached hydrogen (secondary N) is 1. The SMILES string of the molecule is COc1ccc(F)cc1C(C)(C)CC(O)(Cc1cc(C)c[nH]1)C(F)(F)F. The molecule has 1 heterocycles. The highest BCUT2D eigenvalue weighted by Crippen LogP contribution is 2.45. The number of aliphatic hydroxyl groups is 1. The number of alkyl halides is 3. The molecule has 2 N–H and O–H groups in total. The van der Waals surface area contributed by atoms with Crippen LogP contribution in [-0.2, 0) is 11.8 Å². The molecule has 0 fully saturated rings. The molecule has 1 aromatic heterocycles. The Balaban J connectivity index is 2.42. The second-order valence-electron chi connectivity index (χ2n) is 7.31. The van der Waals surface area contributed by atoms with Gasteiger partial charge in [0.25, 0.3) is 0 Å². The summed E-state index contributed by atoms with van der Waals surface area (Å²) in [5.41, 5.74) is -2.85. The minimum atomic E-state index is -4.86. The summed E-state index contributed by atoms with van der Waals surface area (Å²) in [5, 5.41) is 10.6. The van der Waals surface area contributed by atoms with E-state index in [1.807, 2.05) is 0 Å². The molecule has 26 heavy (non-hydrogen) atoms. The van der Waals surface area contributed by atoms with Crippen molar-refractivity contribution in [1.82, 2.24) is 4.98 Å². The number of aromatic amines is 1. The van der Waals surface area contributed by atoms with Crippen LogP contribution in [0.3, 0.4) is 0 Å². The maximum absolute atomic E-state index is 13.7. The molecule has 0 radical (unpaired) electrons. The first-order chi connectivity index (χ1) is 11.9. The van der Waals surface area contributed by atoms with E-state index < -0.39 is 35.9 Å². The van der Waals surface area contributed by atoms with Crippen molar-refractivity contribution in [3.05, 3.63) is 53.1 Å². The molecule has 0 spiro atoms. The lowest BCUT2D eigenvalue weighted by Crippen LogP contribution is -2.51. The fraction of sp³-hybridized carbons (Fsp3) is 0.474. The Labute approximate surface area is 150 Å². The third-order valence-corrected chi connectivity index (χ3v) is 4.52. The minimum Gasteiger partial charge on any atom is -0.496 e. The fourth-order valence-corrected chi connectivity index (χ4v) is 3.28. The van der Waals surface area contributed by atoms with Gasteiger partial charge in [0.05, 0.1) is 7.11 Å². The standard InChI is InChI=1S/C19H23F4NO2/c1-12-7-14(24-10-12)9-18(25,19(21,22)23)11-17(2,3)15-8-13(20)5-6-16(15)26-4/h5-8,10,24-25H,9,11H2,1-4H3. The first-order valence-electron chi connectivity index (χ1n) is 8.15.